The summed E-state index contributed by atoms with van der Waals surface area (Å²) in [5.74, 6) is 3.35. The Bertz CT molecular complexity index is 509. The Kier molecular flexibility index (Phi) is 5.45. The second-order valence-electron chi connectivity index (χ2n) is 5.36. The molecule has 1 amide bonds. The molecule has 0 atom stereocenters. The van der Waals surface area contributed by atoms with Gasteiger partial charge in [0.15, 0.2) is 0 Å². The van der Waals surface area contributed by atoms with Gasteiger partial charge in [0.1, 0.15) is 11.4 Å². The van der Waals surface area contributed by atoms with Gasteiger partial charge in [0, 0.05) is 12.1 Å². The maximum absolute atomic E-state index is 11.7. The number of ether oxygens (including phenoxy) is 2. The Hall–Kier alpha value is -2.15. The van der Waals surface area contributed by atoms with Crippen LogP contribution in [0.4, 0.5) is 10.5 Å². The van der Waals surface area contributed by atoms with Crippen molar-refractivity contribution in [1.82, 2.24) is 0 Å². The fraction of sp³-hybridized carbons (Fsp3) is 0.438. The summed E-state index contributed by atoms with van der Waals surface area (Å²) in [6, 6.07) is 5.42. The van der Waals surface area contributed by atoms with Gasteiger partial charge in [-0.3, -0.25) is 5.32 Å². The molecule has 1 N–H and O–H groups in total. The number of amides is 1. The number of carbonyl (C=O) groups excluding carboxylic acids is 1. The molecule has 0 aliphatic carbocycles. The van der Waals surface area contributed by atoms with Gasteiger partial charge in [-0.05, 0) is 51.0 Å². The topological polar surface area (TPSA) is 47.6 Å². The molecule has 0 saturated heterocycles. The Labute approximate surface area is 120 Å². The first-order chi connectivity index (χ1) is 9.35. The van der Waals surface area contributed by atoms with Crippen LogP contribution in [0.3, 0.4) is 0 Å². The van der Waals surface area contributed by atoms with E-state index in [0.29, 0.717) is 18.5 Å². The summed E-state index contributed by atoms with van der Waals surface area (Å²) in [4.78, 5) is 11.7. The molecular formula is C16H21NO3. The molecule has 20 heavy (non-hydrogen) atoms. The van der Waals surface area contributed by atoms with Crippen LogP contribution in [0.2, 0.25) is 0 Å². The molecule has 0 fully saturated rings. The van der Waals surface area contributed by atoms with Crippen molar-refractivity contribution in [3.8, 4) is 18.1 Å². The van der Waals surface area contributed by atoms with E-state index in [-0.39, 0.29) is 0 Å². The molecule has 1 aromatic carbocycles. The van der Waals surface area contributed by atoms with Crippen molar-refractivity contribution in [1.29, 1.82) is 0 Å². The summed E-state index contributed by atoms with van der Waals surface area (Å²) in [6.45, 7) is 5.46. The van der Waals surface area contributed by atoms with Crippen LogP contribution < -0.4 is 10.1 Å². The largest absolute Gasteiger partial charge is 0.496 e. The lowest BCUT2D eigenvalue weighted by Gasteiger charge is -2.20. The summed E-state index contributed by atoms with van der Waals surface area (Å²) < 4.78 is 10.5. The van der Waals surface area contributed by atoms with E-state index in [9.17, 15) is 4.79 Å². The van der Waals surface area contributed by atoms with Crippen molar-refractivity contribution in [3.05, 3.63) is 23.8 Å². The first kappa shape index (κ1) is 15.9. The molecule has 0 unspecified atom stereocenters. The highest BCUT2D eigenvalue weighted by Gasteiger charge is 2.16. The third-order valence-corrected chi connectivity index (χ3v) is 2.46. The predicted molar refractivity (Wildman–Crippen MR) is 80.0 cm³/mol. The van der Waals surface area contributed by atoms with Crippen molar-refractivity contribution in [2.75, 3.05) is 12.4 Å². The minimum atomic E-state index is -0.525. The number of carbonyl (C=O) groups is 1. The Morgan fingerprint density at radius 2 is 2.10 bits per heavy atom. The lowest BCUT2D eigenvalue weighted by Crippen LogP contribution is -2.27. The average Bonchev–Trinajstić information content (AvgIpc) is 2.34. The molecule has 1 aromatic rings. The number of methoxy groups -OCH3 is 1. The molecule has 1 rings (SSSR count). The second-order valence-corrected chi connectivity index (χ2v) is 5.36. The van der Waals surface area contributed by atoms with Crippen molar-refractivity contribution in [2.45, 2.75) is 39.2 Å². The molecule has 108 valence electrons. The number of rotatable bonds is 4. The zero-order valence-electron chi connectivity index (χ0n) is 12.4. The third-order valence-electron chi connectivity index (χ3n) is 2.46. The van der Waals surface area contributed by atoms with E-state index < -0.39 is 11.7 Å². The minimum absolute atomic E-state index is 0.481. The van der Waals surface area contributed by atoms with Gasteiger partial charge in [-0.2, -0.15) is 0 Å². The number of benzene rings is 1. The summed E-state index contributed by atoms with van der Waals surface area (Å²) >= 11 is 0. The van der Waals surface area contributed by atoms with Gasteiger partial charge in [-0.1, -0.05) is 0 Å². The highest BCUT2D eigenvalue weighted by atomic mass is 16.6. The first-order valence-electron chi connectivity index (χ1n) is 6.46. The summed E-state index contributed by atoms with van der Waals surface area (Å²) in [5, 5.41) is 2.70. The third kappa shape index (κ3) is 5.23. The van der Waals surface area contributed by atoms with E-state index in [1.807, 2.05) is 26.8 Å². The molecule has 0 aliphatic heterocycles. The number of nitrogens with one attached hydrogen (secondary N) is 1. The molecule has 4 nitrogen and oxygen atoms in total. The summed E-state index contributed by atoms with van der Waals surface area (Å²) in [5.41, 5.74) is 1.09. The van der Waals surface area contributed by atoms with Crippen molar-refractivity contribution >= 4 is 11.8 Å². The Morgan fingerprint density at radius 3 is 2.65 bits per heavy atom. The first-order valence-corrected chi connectivity index (χ1v) is 6.46. The van der Waals surface area contributed by atoms with Crippen LogP contribution in [0, 0.1) is 12.3 Å². The van der Waals surface area contributed by atoms with Crippen LogP contribution >= 0.6 is 0 Å². The van der Waals surface area contributed by atoms with Crippen LogP contribution in [-0.4, -0.2) is 18.8 Å². The molecule has 0 aliphatic rings. The van der Waals surface area contributed by atoms with E-state index >= 15 is 0 Å². The highest BCUT2D eigenvalue weighted by molar-refractivity contribution is 5.85. The van der Waals surface area contributed by atoms with Crippen molar-refractivity contribution < 1.29 is 14.3 Å². The molecule has 0 bridgehead atoms. The normalized spacial score (nSPS) is 10.6. The van der Waals surface area contributed by atoms with Gasteiger partial charge in [0.2, 0.25) is 0 Å². The number of aryl methyl sites for hydroxylation is 1. The standard InChI is InChI=1S/C16H21NO3/c1-6-7-8-12-11-13(9-10-14(12)19-5)17-15(18)20-16(2,3)4/h1,9-11H,7-8H2,2-5H3,(H,17,18). The van der Waals surface area contributed by atoms with Crippen LogP contribution in [0.5, 0.6) is 5.75 Å². The number of hydrogen-bond donors (Lipinski definition) is 1. The minimum Gasteiger partial charge on any atom is -0.496 e. The zero-order valence-corrected chi connectivity index (χ0v) is 12.4. The van der Waals surface area contributed by atoms with E-state index in [0.717, 1.165) is 11.3 Å². The molecule has 0 radical (unpaired) electrons. The maximum atomic E-state index is 11.7. The number of terminal acetylenes is 1. The van der Waals surface area contributed by atoms with Gasteiger partial charge in [0.25, 0.3) is 0 Å². The summed E-state index contributed by atoms with van der Waals surface area (Å²) in [6.07, 6.45) is 6.11. The molecular weight excluding hydrogens is 254 g/mol. The molecule has 0 aromatic heterocycles. The highest BCUT2D eigenvalue weighted by Crippen LogP contribution is 2.24. The van der Waals surface area contributed by atoms with Crippen LogP contribution in [0.1, 0.15) is 32.8 Å². The zero-order chi connectivity index (χ0) is 15.2. The predicted octanol–water partition coefficient (Wildman–Crippen LogP) is 3.61. The van der Waals surface area contributed by atoms with Gasteiger partial charge >= 0.3 is 6.09 Å². The lowest BCUT2D eigenvalue weighted by atomic mass is 10.1. The maximum Gasteiger partial charge on any atom is 0.412 e. The Balaban J connectivity index is 2.81. The van der Waals surface area contributed by atoms with Gasteiger partial charge in [0.05, 0.1) is 7.11 Å². The van der Waals surface area contributed by atoms with Crippen LogP contribution in [0.25, 0.3) is 0 Å². The quantitative estimate of drug-likeness (QED) is 0.854. The second kappa shape index (κ2) is 6.85. The van der Waals surface area contributed by atoms with E-state index in [2.05, 4.69) is 11.2 Å². The molecule has 4 heteroatoms. The number of hydrogen-bond acceptors (Lipinski definition) is 3. The lowest BCUT2D eigenvalue weighted by molar-refractivity contribution is 0.0636. The van der Waals surface area contributed by atoms with E-state index in [4.69, 9.17) is 15.9 Å². The van der Waals surface area contributed by atoms with Crippen LogP contribution in [-0.2, 0) is 11.2 Å². The fourth-order valence-corrected chi connectivity index (χ4v) is 1.68. The average molecular weight is 275 g/mol. The molecule has 0 spiro atoms. The van der Waals surface area contributed by atoms with Gasteiger partial charge < -0.3 is 9.47 Å². The van der Waals surface area contributed by atoms with Gasteiger partial charge in [-0.25, -0.2) is 4.79 Å². The van der Waals surface area contributed by atoms with E-state index in [1.54, 1.807) is 19.2 Å². The smallest absolute Gasteiger partial charge is 0.412 e. The monoisotopic (exact) mass is 275 g/mol. The molecule has 0 heterocycles. The van der Waals surface area contributed by atoms with Crippen LogP contribution in [0.15, 0.2) is 18.2 Å². The number of anilines is 1. The summed E-state index contributed by atoms with van der Waals surface area (Å²) in [7, 11) is 1.61. The van der Waals surface area contributed by atoms with Crippen molar-refractivity contribution in [2.24, 2.45) is 0 Å². The SMILES string of the molecule is C#CCCc1cc(NC(=O)OC(C)(C)C)ccc1OC. The van der Waals surface area contributed by atoms with E-state index in [1.165, 1.54) is 0 Å². The van der Waals surface area contributed by atoms with Crippen molar-refractivity contribution in [3.63, 3.8) is 0 Å². The fourth-order valence-electron chi connectivity index (χ4n) is 1.68. The molecule has 0 saturated carbocycles. The van der Waals surface area contributed by atoms with Gasteiger partial charge in [-0.15, -0.1) is 12.3 Å². The Morgan fingerprint density at radius 1 is 1.40 bits per heavy atom.